The lowest BCUT2D eigenvalue weighted by Gasteiger charge is -2.15. The average Bonchev–Trinajstić information content (AvgIpc) is 2.88. The second-order valence-corrected chi connectivity index (χ2v) is 5.94. The number of anilines is 2. The molecule has 3 aromatic rings. The molecule has 0 saturated carbocycles. The molecule has 0 spiro atoms. The molecule has 0 aliphatic carbocycles. The predicted molar refractivity (Wildman–Crippen MR) is 95.4 cm³/mol. The molecule has 0 aliphatic rings. The van der Waals surface area contributed by atoms with Gasteiger partial charge in [-0.05, 0) is 42.5 Å². The zero-order valence-corrected chi connectivity index (χ0v) is 13.9. The van der Waals surface area contributed by atoms with Crippen LogP contribution < -0.4 is 15.4 Å². The minimum atomic E-state index is 0.530. The van der Waals surface area contributed by atoms with E-state index < -0.39 is 0 Å². The number of aromatic nitrogens is 2. The number of rotatable bonds is 5. The molecule has 0 aliphatic heterocycles. The Labute approximate surface area is 140 Å². The van der Waals surface area contributed by atoms with Gasteiger partial charge in [-0.2, -0.15) is 0 Å². The van der Waals surface area contributed by atoms with Crippen LogP contribution in [-0.4, -0.2) is 30.3 Å². The van der Waals surface area contributed by atoms with Gasteiger partial charge in [0.15, 0.2) is 0 Å². The summed E-state index contributed by atoms with van der Waals surface area (Å²) in [6, 6.07) is 13.1. The van der Waals surface area contributed by atoms with E-state index in [0.717, 1.165) is 28.4 Å². The lowest BCUT2D eigenvalue weighted by molar-refractivity contribution is 0.300. The highest BCUT2D eigenvalue weighted by atomic mass is 35.5. The summed E-state index contributed by atoms with van der Waals surface area (Å²) < 4.78 is 7.90. The second-order valence-electron chi connectivity index (χ2n) is 5.51. The minimum absolute atomic E-state index is 0.530. The van der Waals surface area contributed by atoms with Crippen LogP contribution in [0.1, 0.15) is 0 Å². The van der Waals surface area contributed by atoms with Crippen molar-refractivity contribution >= 4 is 34.3 Å². The van der Waals surface area contributed by atoms with E-state index in [9.17, 15) is 0 Å². The molecule has 0 radical (unpaired) electrons. The third-order valence-corrected chi connectivity index (χ3v) is 3.80. The maximum Gasteiger partial charge on any atom is 0.206 e. The van der Waals surface area contributed by atoms with Crippen molar-refractivity contribution in [2.75, 3.05) is 31.3 Å². The molecule has 0 bridgehead atoms. The van der Waals surface area contributed by atoms with Gasteiger partial charge in [0.05, 0.1) is 17.6 Å². The van der Waals surface area contributed by atoms with Crippen LogP contribution in [0.4, 0.5) is 11.6 Å². The number of benzene rings is 2. The standard InChI is InChI=1S/C17H19ClN4O/c1-21(2)17-20-15-8-5-13(19)11-16(15)22(17)9-10-23-14-6-3-12(18)4-7-14/h3-8,11H,9-10,19H2,1-2H3. The Hall–Kier alpha value is -2.40. The summed E-state index contributed by atoms with van der Waals surface area (Å²) in [6.07, 6.45) is 0. The summed E-state index contributed by atoms with van der Waals surface area (Å²) in [7, 11) is 3.95. The van der Waals surface area contributed by atoms with Crippen LogP contribution in [0.25, 0.3) is 11.0 Å². The molecule has 0 fully saturated rings. The van der Waals surface area contributed by atoms with Gasteiger partial charge in [0.2, 0.25) is 5.95 Å². The molecule has 0 unspecified atom stereocenters. The Balaban J connectivity index is 1.82. The zero-order chi connectivity index (χ0) is 16.4. The predicted octanol–water partition coefficient (Wildman–Crippen LogP) is 3.42. The van der Waals surface area contributed by atoms with Crippen molar-refractivity contribution in [1.29, 1.82) is 0 Å². The lowest BCUT2D eigenvalue weighted by atomic mass is 10.3. The van der Waals surface area contributed by atoms with Gasteiger partial charge in [-0.25, -0.2) is 4.98 Å². The Kier molecular flexibility index (Phi) is 4.30. The molecular weight excluding hydrogens is 312 g/mol. The Bertz CT molecular complexity index is 811. The molecule has 2 N–H and O–H groups in total. The Morgan fingerprint density at radius 2 is 1.91 bits per heavy atom. The van der Waals surface area contributed by atoms with Crippen molar-refractivity contribution in [2.24, 2.45) is 0 Å². The molecule has 1 heterocycles. The fraction of sp³-hybridized carbons (Fsp3) is 0.235. The number of ether oxygens (including phenoxy) is 1. The van der Waals surface area contributed by atoms with Crippen LogP contribution in [0.3, 0.4) is 0 Å². The first-order chi connectivity index (χ1) is 11.0. The van der Waals surface area contributed by atoms with Gasteiger partial charge < -0.3 is 19.9 Å². The van der Waals surface area contributed by atoms with Crippen LogP contribution in [0.15, 0.2) is 42.5 Å². The van der Waals surface area contributed by atoms with Gasteiger partial charge in [0.1, 0.15) is 12.4 Å². The molecule has 0 atom stereocenters. The summed E-state index contributed by atoms with van der Waals surface area (Å²) in [5, 5.41) is 0.698. The van der Waals surface area contributed by atoms with Crippen LogP contribution >= 0.6 is 11.6 Å². The number of imidazole rings is 1. The number of fused-ring (bicyclic) bond motifs is 1. The Morgan fingerprint density at radius 3 is 2.61 bits per heavy atom. The fourth-order valence-corrected chi connectivity index (χ4v) is 2.60. The van der Waals surface area contributed by atoms with E-state index in [4.69, 9.17) is 22.1 Å². The van der Waals surface area contributed by atoms with E-state index in [1.807, 2.05) is 61.5 Å². The van der Waals surface area contributed by atoms with Gasteiger partial charge in [0, 0.05) is 24.8 Å². The van der Waals surface area contributed by atoms with Crippen molar-refractivity contribution < 1.29 is 4.74 Å². The highest BCUT2D eigenvalue weighted by molar-refractivity contribution is 6.30. The SMILES string of the molecule is CN(C)c1nc2ccc(N)cc2n1CCOc1ccc(Cl)cc1. The topological polar surface area (TPSA) is 56.3 Å². The van der Waals surface area contributed by atoms with Gasteiger partial charge >= 0.3 is 0 Å². The van der Waals surface area contributed by atoms with Crippen molar-refractivity contribution in [2.45, 2.75) is 6.54 Å². The van der Waals surface area contributed by atoms with Gasteiger partial charge in [-0.15, -0.1) is 0 Å². The second kappa shape index (κ2) is 6.38. The number of nitrogen functional groups attached to an aromatic ring is 1. The molecule has 0 amide bonds. The van der Waals surface area contributed by atoms with Crippen molar-refractivity contribution in [3.63, 3.8) is 0 Å². The van der Waals surface area contributed by atoms with Gasteiger partial charge in [0.25, 0.3) is 0 Å². The van der Waals surface area contributed by atoms with E-state index in [0.29, 0.717) is 18.2 Å². The molecule has 120 valence electrons. The van der Waals surface area contributed by atoms with Crippen molar-refractivity contribution in [3.05, 3.63) is 47.5 Å². The molecule has 2 aromatic carbocycles. The molecule has 3 rings (SSSR count). The van der Waals surface area contributed by atoms with Crippen LogP contribution in [0, 0.1) is 0 Å². The number of hydrogen-bond acceptors (Lipinski definition) is 4. The van der Waals surface area contributed by atoms with E-state index in [2.05, 4.69) is 9.55 Å². The number of hydrogen-bond donors (Lipinski definition) is 1. The van der Waals surface area contributed by atoms with Crippen LogP contribution in [-0.2, 0) is 6.54 Å². The minimum Gasteiger partial charge on any atom is -0.492 e. The highest BCUT2D eigenvalue weighted by Crippen LogP contribution is 2.23. The molecule has 1 aromatic heterocycles. The first-order valence-electron chi connectivity index (χ1n) is 7.36. The van der Waals surface area contributed by atoms with E-state index >= 15 is 0 Å². The summed E-state index contributed by atoms with van der Waals surface area (Å²) in [6.45, 7) is 1.21. The Morgan fingerprint density at radius 1 is 1.17 bits per heavy atom. The summed E-state index contributed by atoms with van der Waals surface area (Å²) in [5.74, 6) is 1.68. The monoisotopic (exact) mass is 330 g/mol. The summed E-state index contributed by atoms with van der Waals surface area (Å²) >= 11 is 5.88. The van der Waals surface area contributed by atoms with Crippen molar-refractivity contribution in [1.82, 2.24) is 9.55 Å². The quantitative estimate of drug-likeness (QED) is 0.728. The molecular formula is C17H19ClN4O. The number of nitrogens with zero attached hydrogens (tertiary/aromatic N) is 3. The van der Waals surface area contributed by atoms with Crippen LogP contribution in [0.2, 0.25) is 5.02 Å². The number of nitrogens with two attached hydrogens (primary N) is 1. The average molecular weight is 331 g/mol. The maximum atomic E-state index is 5.91. The fourth-order valence-electron chi connectivity index (χ4n) is 2.47. The molecule has 5 nitrogen and oxygen atoms in total. The van der Waals surface area contributed by atoms with E-state index in [-0.39, 0.29) is 0 Å². The molecule has 6 heteroatoms. The lowest BCUT2D eigenvalue weighted by Crippen LogP contribution is -2.18. The summed E-state index contributed by atoms with van der Waals surface area (Å²) in [4.78, 5) is 6.64. The van der Waals surface area contributed by atoms with Gasteiger partial charge in [-0.1, -0.05) is 11.6 Å². The third-order valence-electron chi connectivity index (χ3n) is 3.55. The van der Waals surface area contributed by atoms with Crippen LogP contribution in [0.5, 0.6) is 5.75 Å². The van der Waals surface area contributed by atoms with E-state index in [1.54, 1.807) is 0 Å². The first kappa shape index (κ1) is 15.5. The van der Waals surface area contributed by atoms with Gasteiger partial charge in [-0.3, -0.25) is 0 Å². The molecule has 23 heavy (non-hydrogen) atoms. The normalized spacial score (nSPS) is 10.9. The summed E-state index contributed by atoms with van der Waals surface area (Å²) in [5.41, 5.74) is 8.57. The maximum absolute atomic E-state index is 5.91. The zero-order valence-electron chi connectivity index (χ0n) is 13.2. The number of halogens is 1. The highest BCUT2D eigenvalue weighted by Gasteiger charge is 2.12. The largest absolute Gasteiger partial charge is 0.492 e. The van der Waals surface area contributed by atoms with E-state index in [1.165, 1.54) is 0 Å². The third kappa shape index (κ3) is 3.35. The smallest absolute Gasteiger partial charge is 0.206 e. The first-order valence-corrected chi connectivity index (χ1v) is 7.74. The molecule has 0 saturated heterocycles. The van der Waals surface area contributed by atoms with Crippen molar-refractivity contribution in [3.8, 4) is 5.75 Å².